The van der Waals surface area contributed by atoms with Crippen molar-refractivity contribution in [1.29, 1.82) is 0 Å². The van der Waals surface area contributed by atoms with E-state index in [4.69, 9.17) is 9.47 Å². The van der Waals surface area contributed by atoms with Crippen LogP contribution >= 0.6 is 0 Å². The SMILES string of the molecule is CN(Cc1ccccc1)C[C@@H](O)COc1ccc(CNCCOc2cccnc2)cc1. The minimum absolute atomic E-state index is 0.266. The number of aliphatic hydroxyl groups excluding tert-OH is 1. The summed E-state index contributed by atoms with van der Waals surface area (Å²) in [6.45, 7) is 3.70. The number of nitrogens with one attached hydrogen (secondary N) is 1. The predicted octanol–water partition coefficient (Wildman–Crippen LogP) is 3.12. The zero-order chi connectivity index (χ0) is 21.7. The van der Waals surface area contributed by atoms with E-state index in [-0.39, 0.29) is 6.61 Å². The zero-order valence-electron chi connectivity index (χ0n) is 18.0. The van der Waals surface area contributed by atoms with Crippen LogP contribution in [0.2, 0.25) is 0 Å². The third-order valence-corrected chi connectivity index (χ3v) is 4.69. The molecule has 0 radical (unpaired) electrons. The molecular formula is C25H31N3O3. The highest BCUT2D eigenvalue weighted by molar-refractivity contribution is 5.27. The molecule has 0 saturated carbocycles. The highest BCUT2D eigenvalue weighted by Gasteiger charge is 2.10. The van der Waals surface area contributed by atoms with Gasteiger partial charge in [-0.05, 0) is 42.4 Å². The number of aliphatic hydroxyl groups is 1. The van der Waals surface area contributed by atoms with Crippen molar-refractivity contribution in [2.45, 2.75) is 19.2 Å². The lowest BCUT2D eigenvalue weighted by molar-refractivity contribution is 0.0744. The van der Waals surface area contributed by atoms with Gasteiger partial charge in [-0.2, -0.15) is 0 Å². The van der Waals surface area contributed by atoms with Gasteiger partial charge in [0.25, 0.3) is 0 Å². The predicted molar refractivity (Wildman–Crippen MR) is 122 cm³/mol. The van der Waals surface area contributed by atoms with Crippen LogP contribution in [-0.4, -0.2) is 54.4 Å². The molecule has 0 aliphatic rings. The van der Waals surface area contributed by atoms with Crippen LogP contribution in [0.1, 0.15) is 11.1 Å². The quantitative estimate of drug-likeness (QED) is 0.414. The molecule has 0 saturated heterocycles. The van der Waals surface area contributed by atoms with Gasteiger partial charge in [-0.1, -0.05) is 42.5 Å². The van der Waals surface area contributed by atoms with E-state index in [9.17, 15) is 5.11 Å². The maximum absolute atomic E-state index is 10.3. The Kier molecular flexibility index (Phi) is 9.32. The van der Waals surface area contributed by atoms with Crippen LogP contribution in [0, 0.1) is 0 Å². The highest BCUT2D eigenvalue weighted by atomic mass is 16.5. The summed E-state index contributed by atoms with van der Waals surface area (Å²) in [5, 5.41) is 13.6. The van der Waals surface area contributed by atoms with Gasteiger partial charge >= 0.3 is 0 Å². The van der Waals surface area contributed by atoms with Crippen LogP contribution in [-0.2, 0) is 13.1 Å². The van der Waals surface area contributed by atoms with Crippen molar-refractivity contribution in [3.05, 3.63) is 90.3 Å². The molecule has 3 rings (SSSR count). The van der Waals surface area contributed by atoms with Crippen LogP contribution in [0.3, 0.4) is 0 Å². The number of benzene rings is 2. The second-order valence-corrected chi connectivity index (χ2v) is 7.51. The maximum Gasteiger partial charge on any atom is 0.137 e. The molecule has 1 heterocycles. The van der Waals surface area contributed by atoms with Crippen LogP contribution in [0.4, 0.5) is 0 Å². The van der Waals surface area contributed by atoms with E-state index in [2.05, 4.69) is 27.3 Å². The normalized spacial score (nSPS) is 12.0. The number of hydrogen-bond acceptors (Lipinski definition) is 6. The molecular weight excluding hydrogens is 390 g/mol. The smallest absolute Gasteiger partial charge is 0.137 e. The Morgan fingerprint density at radius 2 is 1.74 bits per heavy atom. The largest absolute Gasteiger partial charge is 0.491 e. The Labute approximate surface area is 184 Å². The summed E-state index contributed by atoms with van der Waals surface area (Å²) in [7, 11) is 2.00. The van der Waals surface area contributed by atoms with E-state index < -0.39 is 6.10 Å². The van der Waals surface area contributed by atoms with Gasteiger partial charge in [0.15, 0.2) is 0 Å². The number of aromatic nitrogens is 1. The summed E-state index contributed by atoms with van der Waals surface area (Å²) >= 11 is 0. The number of pyridine rings is 1. The van der Waals surface area contributed by atoms with Crippen molar-refractivity contribution in [2.75, 3.05) is 33.4 Å². The molecule has 1 aromatic heterocycles. The van der Waals surface area contributed by atoms with Crippen LogP contribution in [0.5, 0.6) is 11.5 Å². The molecule has 0 unspecified atom stereocenters. The Bertz CT molecular complexity index is 860. The lowest BCUT2D eigenvalue weighted by atomic mass is 10.2. The molecule has 0 fully saturated rings. The fourth-order valence-electron chi connectivity index (χ4n) is 3.17. The van der Waals surface area contributed by atoms with E-state index in [1.165, 1.54) is 5.56 Å². The van der Waals surface area contributed by atoms with E-state index in [0.29, 0.717) is 13.2 Å². The second-order valence-electron chi connectivity index (χ2n) is 7.51. The van der Waals surface area contributed by atoms with Crippen molar-refractivity contribution in [3.63, 3.8) is 0 Å². The van der Waals surface area contributed by atoms with Gasteiger partial charge in [-0.25, -0.2) is 0 Å². The molecule has 164 valence electrons. The number of ether oxygens (including phenoxy) is 2. The molecule has 6 nitrogen and oxygen atoms in total. The van der Waals surface area contributed by atoms with Gasteiger partial charge in [0.1, 0.15) is 30.8 Å². The van der Waals surface area contributed by atoms with E-state index >= 15 is 0 Å². The highest BCUT2D eigenvalue weighted by Crippen LogP contribution is 2.13. The average Bonchev–Trinajstić information content (AvgIpc) is 2.79. The molecule has 0 bridgehead atoms. The van der Waals surface area contributed by atoms with Crippen LogP contribution in [0.25, 0.3) is 0 Å². The number of rotatable bonds is 13. The van der Waals surface area contributed by atoms with Gasteiger partial charge in [-0.15, -0.1) is 0 Å². The first kappa shape index (κ1) is 22.7. The molecule has 31 heavy (non-hydrogen) atoms. The summed E-state index contributed by atoms with van der Waals surface area (Å²) in [5.41, 5.74) is 2.39. The van der Waals surface area contributed by atoms with Gasteiger partial charge in [0.2, 0.25) is 0 Å². The molecule has 2 N–H and O–H groups in total. The van der Waals surface area contributed by atoms with Crippen molar-refractivity contribution in [3.8, 4) is 11.5 Å². The van der Waals surface area contributed by atoms with Gasteiger partial charge < -0.3 is 19.9 Å². The molecule has 0 aliphatic heterocycles. The Morgan fingerprint density at radius 1 is 0.935 bits per heavy atom. The summed E-state index contributed by atoms with van der Waals surface area (Å²) in [6, 6.07) is 21.9. The van der Waals surface area contributed by atoms with Crippen molar-refractivity contribution >= 4 is 0 Å². The van der Waals surface area contributed by atoms with Crippen molar-refractivity contribution in [2.24, 2.45) is 0 Å². The summed E-state index contributed by atoms with van der Waals surface area (Å²) < 4.78 is 11.3. The molecule has 0 spiro atoms. The minimum Gasteiger partial charge on any atom is -0.491 e. The van der Waals surface area contributed by atoms with Gasteiger partial charge in [0, 0.05) is 32.4 Å². The maximum atomic E-state index is 10.3. The summed E-state index contributed by atoms with van der Waals surface area (Å²) in [6.07, 6.45) is 2.88. The first-order valence-corrected chi connectivity index (χ1v) is 10.5. The summed E-state index contributed by atoms with van der Waals surface area (Å²) in [4.78, 5) is 6.11. The van der Waals surface area contributed by atoms with Crippen molar-refractivity contribution < 1.29 is 14.6 Å². The lowest BCUT2D eigenvalue weighted by Gasteiger charge is -2.21. The molecule has 6 heteroatoms. The molecule has 0 amide bonds. The van der Waals surface area contributed by atoms with E-state index in [1.54, 1.807) is 12.4 Å². The number of hydrogen-bond donors (Lipinski definition) is 2. The lowest BCUT2D eigenvalue weighted by Crippen LogP contribution is -2.32. The monoisotopic (exact) mass is 421 g/mol. The second kappa shape index (κ2) is 12.7. The Balaban J connectivity index is 1.29. The standard InChI is InChI=1S/C25H31N3O3/c1-28(18-22-6-3-2-4-7-22)19-23(29)20-31-24-11-9-21(10-12-24)16-27-14-15-30-25-8-5-13-26-17-25/h2-13,17,23,27,29H,14-16,18-20H2,1H3/t23-/m1/s1. The number of likely N-dealkylation sites (N-methyl/N-ethyl adjacent to an activating group) is 1. The number of nitrogens with zero attached hydrogens (tertiary/aromatic N) is 2. The third kappa shape index (κ3) is 8.76. The fourth-order valence-corrected chi connectivity index (χ4v) is 3.17. The Morgan fingerprint density at radius 3 is 2.48 bits per heavy atom. The molecule has 3 aromatic rings. The minimum atomic E-state index is -0.546. The van der Waals surface area contributed by atoms with Crippen molar-refractivity contribution in [1.82, 2.24) is 15.2 Å². The van der Waals surface area contributed by atoms with Crippen LogP contribution < -0.4 is 14.8 Å². The molecule has 0 aliphatic carbocycles. The molecule has 2 aromatic carbocycles. The Hall–Kier alpha value is -2.93. The third-order valence-electron chi connectivity index (χ3n) is 4.69. The first-order valence-electron chi connectivity index (χ1n) is 10.5. The summed E-state index contributed by atoms with van der Waals surface area (Å²) in [5.74, 6) is 1.53. The van der Waals surface area contributed by atoms with Crippen LogP contribution in [0.15, 0.2) is 79.1 Å². The fraction of sp³-hybridized carbons (Fsp3) is 0.320. The van der Waals surface area contributed by atoms with Gasteiger partial charge in [-0.3, -0.25) is 9.88 Å². The van der Waals surface area contributed by atoms with E-state index in [1.807, 2.05) is 61.6 Å². The molecule has 1 atom stereocenters. The van der Waals surface area contributed by atoms with Gasteiger partial charge in [0.05, 0.1) is 6.20 Å². The first-order chi connectivity index (χ1) is 15.2. The topological polar surface area (TPSA) is 66.9 Å². The average molecular weight is 422 g/mol. The zero-order valence-corrected chi connectivity index (χ0v) is 18.0. The van der Waals surface area contributed by atoms with E-state index in [0.717, 1.165) is 36.7 Å².